The standard InChI is InChI=1S/C22H24N4OS/c1-14(2)27-21-7-5-16(10-18(21)11-23)22-26(25-13-28-22)20-6-4-17-12-24-9-8-19(17)15(20)3/h4-7,10,13-14,22,24H,8-9,12H2,1-3H3. The van der Waals surface area contributed by atoms with Gasteiger partial charge in [-0.3, -0.25) is 0 Å². The van der Waals surface area contributed by atoms with Crippen molar-refractivity contribution in [3.05, 3.63) is 58.1 Å². The molecule has 6 heteroatoms. The lowest BCUT2D eigenvalue weighted by Gasteiger charge is -2.28. The molecule has 1 atom stereocenters. The first-order chi connectivity index (χ1) is 13.6. The van der Waals surface area contributed by atoms with Gasteiger partial charge in [0.05, 0.1) is 22.9 Å². The molecule has 28 heavy (non-hydrogen) atoms. The van der Waals surface area contributed by atoms with Gasteiger partial charge in [0.1, 0.15) is 17.2 Å². The van der Waals surface area contributed by atoms with Gasteiger partial charge in [0.2, 0.25) is 0 Å². The quantitative estimate of drug-likeness (QED) is 0.830. The van der Waals surface area contributed by atoms with E-state index < -0.39 is 0 Å². The summed E-state index contributed by atoms with van der Waals surface area (Å²) in [5, 5.41) is 19.7. The molecule has 0 saturated carbocycles. The smallest absolute Gasteiger partial charge is 0.137 e. The molecule has 0 aliphatic carbocycles. The number of hydrogen-bond acceptors (Lipinski definition) is 6. The monoisotopic (exact) mass is 392 g/mol. The van der Waals surface area contributed by atoms with Crippen molar-refractivity contribution in [1.82, 2.24) is 5.32 Å². The van der Waals surface area contributed by atoms with Crippen LogP contribution in [0.15, 0.2) is 35.4 Å². The summed E-state index contributed by atoms with van der Waals surface area (Å²) in [6, 6.07) is 12.5. The third kappa shape index (κ3) is 3.48. The van der Waals surface area contributed by atoms with E-state index in [1.165, 1.54) is 16.7 Å². The van der Waals surface area contributed by atoms with Crippen LogP contribution < -0.4 is 15.1 Å². The van der Waals surface area contributed by atoms with Gasteiger partial charge in [-0.2, -0.15) is 10.4 Å². The predicted molar refractivity (Wildman–Crippen MR) is 115 cm³/mol. The van der Waals surface area contributed by atoms with Crippen LogP contribution >= 0.6 is 11.8 Å². The number of fused-ring (bicyclic) bond motifs is 1. The molecule has 2 aliphatic rings. The molecule has 0 aromatic heterocycles. The Morgan fingerprint density at radius 3 is 2.96 bits per heavy atom. The van der Waals surface area contributed by atoms with E-state index in [0.717, 1.165) is 30.8 Å². The van der Waals surface area contributed by atoms with Gasteiger partial charge < -0.3 is 10.1 Å². The van der Waals surface area contributed by atoms with Crippen LogP contribution in [-0.2, 0) is 13.0 Å². The van der Waals surface area contributed by atoms with Gasteiger partial charge in [-0.05, 0) is 74.2 Å². The molecular weight excluding hydrogens is 368 g/mol. The molecule has 2 aliphatic heterocycles. The van der Waals surface area contributed by atoms with Gasteiger partial charge in [-0.1, -0.05) is 23.9 Å². The molecule has 0 saturated heterocycles. The van der Waals surface area contributed by atoms with E-state index in [1.807, 2.05) is 37.6 Å². The van der Waals surface area contributed by atoms with Crippen molar-refractivity contribution in [2.45, 2.75) is 45.2 Å². The zero-order chi connectivity index (χ0) is 19.7. The second-order valence-electron chi connectivity index (χ2n) is 7.36. The maximum Gasteiger partial charge on any atom is 0.137 e. The Labute approximate surface area is 170 Å². The SMILES string of the molecule is Cc1c(N2N=CSC2c2ccc(OC(C)C)c(C#N)c2)ccc2c1CCNC2. The lowest BCUT2D eigenvalue weighted by Crippen LogP contribution is -2.26. The first-order valence-electron chi connectivity index (χ1n) is 9.58. The zero-order valence-corrected chi connectivity index (χ0v) is 17.2. The Morgan fingerprint density at radius 2 is 2.18 bits per heavy atom. The summed E-state index contributed by atoms with van der Waals surface area (Å²) in [6.45, 7) is 8.06. The molecule has 0 radical (unpaired) electrons. The molecule has 4 rings (SSSR count). The summed E-state index contributed by atoms with van der Waals surface area (Å²) in [5.74, 6) is 0.633. The van der Waals surface area contributed by atoms with Crippen molar-refractivity contribution in [3.63, 3.8) is 0 Å². The van der Waals surface area contributed by atoms with Crippen molar-refractivity contribution in [2.75, 3.05) is 11.6 Å². The number of nitrogens with one attached hydrogen (secondary N) is 1. The summed E-state index contributed by atoms with van der Waals surface area (Å²) in [6.07, 6.45) is 1.08. The zero-order valence-electron chi connectivity index (χ0n) is 16.4. The second kappa shape index (κ2) is 7.86. The van der Waals surface area contributed by atoms with Gasteiger partial charge in [-0.25, -0.2) is 5.01 Å². The minimum absolute atomic E-state index is 0.0127. The molecule has 144 valence electrons. The molecule has 1 N–H and O–H groups in total. The van der Waals surface area contributed by atoms with E-state index in [0.29, 0.717) is 11.3 Å². The summed E-state index contributed by atoms with van der Waals surface area (Å²) < 4.78 is 5.77. The number of thioether (sulfide) groups is 1. The van der Waals surface area contributed by atoms with E-state index in [9.17, 15) is 5.26 Å². The number of rotatable bonds is 4. The van der Waals surface area contributed by atoms with Crippen LogP contribution in [-0.4, -0.2) is 18.2 Å². The van der Waals surface area contributed by atoms with E-state index in [2.05, 4.69) is 40.6 Å². The highest BCUT2D eigenvalue weighted by Crippen LogP contribution is 2.42. The van der Waals surface area contributed by atoms with E-state index in [1.54, 1.807) is 11.8 Å². The van der Waals surface area contributed by atoms with Crippen LogP contribution in [0.3, 0.4) is 0 Å². The molecule has 0 bridgehead atoms. The number of hydrazone groups is 1. The van der Waals surface area contributed by atoms with Crippen molar-refractivity contribution >= 4 is 23.0 Å². The van der Waals surface area contributed by atoms with E-state index in [4.69, 9.17) is 4.74 Å². The molecule has 0 amide bonds. The van der Waals surface area contributed by atoms with E-state index in [-0.39, 0.29) is 11.5 Å². The normalized spacial score (nSPS) is 18.2. The highest BCUT2D eigenvalue weighted by Gasteiger charge is 2.28. The Morgan fingerprint density at radius 1 is 1.32 bits per heavy atom. The van der Waals surface area contributed by atoms with Crippen LogP contribution in [0.2, 0.25) is 0 Å². The number of anilines is 1. The minimum atomic E-state index is 0.0127. The third-order valence-electron chi connectivity index (χ3n) is 5.14. The molecule has 2 aromatic carbocycles. The Kier molecular flexibility index (Phi) is 5.29. The number of benzene rings is 2. The first-order valence-corrected chi connectivity index (χ1v) is 10.5. The highest BCUT2D eigenvalue weighted by molar-refractivity contribution is 8.12. The van der Waals surface area contributed by atoms with Crippen LogP contribution in [0.4, 0.5) is 5.69 Å². The van der Waals surface area contributed by atoms with Crippen LogP contribution in [0.5, 0.6) is 5.75 Å². The van der Waals surface area contributed by atoms with Crippen molar-refractivity contribution in [2.24, 2.45) is 5.10 Å². The van der Waals surface area contributed by atoms with Crippen molar-refractivity contribution < 1.29 is 4.74 Å². The average molecular weight is 393 g/mol. The van der Waals surface area contributed by atoms with Crippen molar-refractivity contribution in [1.29, 1.82) is 5.26 Å². The maximum absolute atomic E-state index is 9.57. The fraction of sp³-hybridized carbons (Fsp3) is 0.364. The van der Waals surface area contributed by atoms with Gasteiger partial charge in [0, 0.05) is 6.54 Å². The lowest BCUT2D eigenvalue weighted by molar-refractivity contribution is 0.241. The molecule has 1 unspecified atom stereocenters. The van der Waals surface area contributed by atoms with Gasteiger partial charge in [-0.15, -0.1) is 0 Å². The molecule has 0 fully saturated rings. The average Bonchev–Trinajstić information content (AvgIpc) is 3.18. The van der Waals surface area contributed by atoms with Gasteiger partial charge >= 0.3 is 0 Å². The summed E-state index contributed by atoms with van der Waals surface area (Å²) in [4.78, 5) is 0. The minimum Gasteiger partial charge on any atom is -0.490 e. The Balaban J connectivity index is 1.68. The molecule has 2 heterocycles. The topological polar surface area (TPSA) is 60.6 Å². The third-order valence-corrected chi connectivity index (χ3v) is 6.08. The number of hydrogen-bond donors (Lipinski definition) is 1. The summed E-state index contributed by atoms with van der Waals surface area (Å²) in [7, 11) is 0. The van der Waals surface area contributed by atoms with Crippen LogP contribution in [0.1, 0.15) is 47.0 Å². The van der Waals surface area contributed by atoms with Crippen molar-refractivity contribution in [3.8, 4) is 11.8 Å². The summed E-state index contributed by atoms with van der Waals surface area (Å²) >= 11 is 1.66. The predicted octanol–water partition coefficient (Wildman–Crippen LogP) is 4.49. The van der Waals surface area contributed by atoms with E-state index >= 15 is 0 Å². The van der Waals surface area contributed by atoms with Gasteiger partial charge in [0.25, 0.3) is 0 Å². The largest absolute Gasteiger partial charge is 0.490 e. The Hall–Kier alpha value is -2.49. The second-order valence-corrected chi connectivity index (χ2v) is 8.29. The number of nitrogens with zero attached hydrogens (tertiary/aromatic N) is 3. The highest BCUT2D eigenvalue weighted by atomic mass is 32.2. The van der Waals surface area contributed by atoms with Crippen LogP contribution in [0, 0.1) is 18.3 Å². The molecule has 0 spiro atoms. The summed E-state index contributed by atoms with van der Waals surface area (Å²) in [5.41, 5.74) is 8.73. The molecular formula is C22H24N4OS. The number of nitriles is 1. The fourth-order valence-corrected chi connectivity index (χ4v) is 4.66. The lowest BCUT2D eigenvalue weighted by atomic mass is 9.94. The molecule has 2 aromatic rings. The fourth-order valence-electron chi connectivity index (χ4n) is 3.81. The molecule has 5 nitrogen and oxygen atoms in total. The Bertz CT molecular complexity index is 964. The number of ether oxygens (including phenoxy) is 1. The first kappa shape index (κ1) is 18.9. The maximum atomic E-state index is 9.57. The van der Waals surface area contributed by atoms with Crippen LogP contribution in [0.25, 0.3) is 0 Å². The van der Waals surface area contributed by atoms with Gasteiger partial charge in [0.15, 0.2) is 0 Å².